The Morgan fingerprint density at radius 2 is 2.06 bits per heavy atom. The van der Waals surface area contributed by atoms with Gasteiger partial charge < -0.3 is 10.5 Å². The van der Waals surface area contributed by atoms with Crippen molar-refractivity contribution in [1.29, 1.82) is 0 Å². The fraction of sp³-hybridized carbons (Fsp3) is 0.417. The molecular weight excluding hydrogens is 220 g/mol. The molecular formula is C12H18N2O3. The van der Waals surface area contributed by atoms with Crippen LogP contribution in [0, 0.1) is 0 Å². The van der Waals surface area contributed by atoms with Gasteiger partial charge in [0.05, 0.1) is 20.3 Å². The SMILES string of the molecule is CON(C)C(=O)C(N)COCc1ccccc1. The maximum Gasteiger partial charge on any atom is 0.265 e. The molecule has 1 amide bonds. The number of hydrogen-bond acceptors (Lipinski definition) is 4. The van der Waals surface area contributed by atoms with Crippen LogP contribution in [0.5, 0.6) is 0 Å². The van der Waals surface area contributed by atoms with Crippen LogP contribution in [0.25, 0.3) is 0 Å². The number of amides is 1. The molecule has 0 fully saturated rings. The van der Waals surface area contributed by atoms with Gasteiger partial charge in [-0.1, -0.05) is 30.3 Å². The predicted octanol–water partition coefficient (Wildman–Crippen LogP) is 0.550. The summed E-state index contributed by atoms with van der Waals surface area (Å²) < 4.78 is 5.37. The number of nitrogens with two attached hydrogens (primary N) is 1. The van der Waals surface area contributed by atoms with Crippen molar-refractivity contribution in [3.8, 4) is 0 Å². The van der Waals surface area contributed by atoms with E-state index in [0.29, 0.717) is 6.61 Å². The van der Waals surface area contributed by atoms with Crippen molar-refractivity contribution in [3.05, 3.63) is 35.9 Å². The lowest BCUT2D eigenvalue weighted by Crippen LogP contribution is -2.44. The molecule has 0 aliphatic rings. The minimum Gasteiger partial charge on any atom is -0.375 e. The Kier molecular flexibility index (Phi) is 5.62. The van der Waals surface area contributed by atoms with E-state index in [-0.39, 0.29) is 12.5 Å². The molecule has 1 aromatic rings. The van der Waals surface area contributed by atoms with Crippen LogP contribution in [0.2, 0.25) is 0 Å². The largest absolute Gasteiger partial charge is 0.375 e. The normalized spacial score (nSPS) is 12.2. The Morgan fingerprint density at radius 3 is 2.65 bits per heavy atom. The smallest absolute Gasteiger partial charge is 0.265 e. The highest BCUT2D eigenvalue weighted by Crippen LogP contribution is 2.01. The number of benzene rings is 1. The Bertz CT molecular complexity index is 343. The molecule has 0 bridgehead atoms. The van der Waals surface area contributed by atoms with Gasteiger partial charge in [-0.2, -0.15) is 0 Å². The summed E-state index contributed by atoms with van der Waals surface area (Å²) in [6, 6.07) is 9.00. The Labute approximate surface area is 101 Å². The number of hydrogen-bond donors (Lipinski definition) is 1. The van der Waals surface area contributed by atoms with Gasteiger partial charge in [0.15, 0.2) is 0 Å². The third-order valence-corrected chi connectivity index (χ3v) is 2.31. The van der Waals surface area contributed by atoms with E-state index in [4.69, 9.17) is 15.3 Å². The van der Waals surface area contributed by atoms with E-state index in [1.54, 1.807) is 0 Å². The van der Waals surface area contributed by atoms with Crippen LogP contribution < -0.4 is 5.73 Å². The molecule has 0 spiro atoms. The highest BCUT2D eigenvalue weighted by atomic mass is 16.7. The fourth-order valence-electron chi connectivity index (χ4n) is 1.27. The lowest BCUT2D eigenvalue weighted by molar-refractivity contribution is -0.171. The molecule has 0 heterocycles. The third kappa shape index (κ3) is 4.52. The molecule has 2 N–H and O–H groups in total. The first-order valence-corrected chi connectivity index (χ1v) is 5.34. The minimum absolute atomic E-state index is 0.168. The predicted molar refractivity (Wildman–Crippen MR) is 63.9 cm³/mol. The van der Waals surface area contributed by atoms with Gasteiger partial charge in [-0.15, -0.1) is 0 Å². The van der Waals surface area contributed by atoms with E-state index in [1.807, 2.05) is 30.3 Å². The molecule has 94 valence electrons. The first-order valence-electron chi connectivity index (χ1n) is 5.34. The molecule has 0 aromatic heterocycles. The molecule has 1 rings (SSSR count). The molecule has 17 heavy (non-hydrogen) atoms. The number of hydroxylamine groups is 2. The summed E-state index contributed by atoms with van der Waals surface area (Å²) in [7, 11) is 2.93. The lowest BCUT2D eigenvalue weighted by Gasteiger charge is -2.18. The van der Waals surface area contributed by atoms with E-state index >= 15 is 0 Å². The van der Waals surface area contributed by atoms with Crippen molar-refractivity contribution in [3.63, 3.8) is 0 Å². The second-order valence-corrected chi connectivity index (χ2v) is 3.63. The summed E-state index contributed by atoms with van der Waals surface area (Å²) in [5, 5.41) is 1.09. The second kappa shape index (κ2) is 7.01. The van der Waals surface area contributed by atoms with Crippen LogP contribution in [0.4, 0.5) is 0 Å². The van der Waals surface area contributed by atoms with Gasteiger partial charge in [-0.05, 0) is 5.56 Å². The summed E-state index contributed by atoms with van der Waals surface area (Å²) in [4.78, 5) is 16.3. The number of rotatable bonds is 6. The first-order chi connectivity index (χ1) is 8.15. The molecule has 0 radical (unpaired) electrons. The highest BCUT2D eigenvalue weighted by molar-refractivity contribution is 5.80. The maximum atomic E-state index is 11.5. The summed E-state index contributed by atoms with van der Waals surface area (Å²) in [5.41, 5.74) is 6.71. The van der Waals surface area contributed by atoms with Gasteiger partial charge in [0.2, 0.25) is 0 Å². The van der Waals surface area contributed by atoms with E-state index < -0.39 is 6.04 Å². The van der Waals surface area contributed by atoms with Gasteiger partial charge >= 0.3 is 0 Å². The number of carbonyl (C=O) groups excluding carboxylic acids is 1. The van der Waals surface area contributed by atoms with Gasteiger partial charge in [0.1, 0.15) is 6.04 Å². The Hall–Kier alpha value is -1.43. The number of nitrogens with zero attached hydrogens (tertiary/aromatic N) is 1. The highest BCUT2D eigenvalue weighted by Gasteiger charge is 2.17. The zero-order valence-electron chi connectivity index (χ0n) is 10.1. The van der Waals surface area contributed by atoms with Gasteiger partial charge in [-0.25, -0.2) is 5.06 Å². The zero-order valence-corrected chi connectivity index (χ0v) is 10.1. The van der Waals surface area contributed by atoms with Crippen molar-refractivity contribution in [1.82, 2.24) is 5.06 Å². The molecule has 0 saturated heterocycles. The van der Waals surface area contributed by atoms with Crippen molar-refractivity contribution in [2.75, 3.05) is 20.8 Å². The zero-order chi connectivity index (χ0) is 12.7. The molecule has 0 aliphatic heterocycles. The average molecular weight is 238 g/mol. The molecule has 5 heteroatoms. The van der Waals surface area contributed by atoms with Gasteiger partial charge in [0, 0.05) is 7.05 Å². The Morgan fingerprint density at radius 1 is 1.41 bits per heavy atom. The lowest BCUT2D eigenvalue weighted by atomic mass is 10.2. The van der Waals surface area contributed by atoms with Crippen molar-refractivity contribution in [2.24, 2.45) is 5.73 Å². The first kappa shape index (κ1) is 13.6. The molecule has 5 nitrogen and oxygen atoms in total. The van der Waals surface area contributed by atoms with E-state index in [0.717, 1.165) is 10.6 Å². The van der Waals surface area contributed by atoms with Crippen LogP contribution in [-0.4, -0.2) is 37.8 Å². The van der Waals surface area contributed by atoms with Crippen molar-refractivity contribution in [2.45, 2.75) is 12.6 Å². The van der Waals surface area contributed by atoms with Crippen molar-refractivity contribution >= 4 is 5.91 Å². The molecule has 1 atom stereocenters. The van der Waals surface area contributed by atoms with Crippen LogP contribution >= 0.6 is 0 Å². The maximum absolute atomic E-state index is 11.5. The van der Waals surface area contributed by atoms with E-state index in [9.17, 15) is 4.79 Å². The standard InChI is InChI=1S/C12H18N2O3/c1-14(16-2)12(15)11(13)9-17-8-10-6-4-3-5-7-10/h3-7,11H,8-9,13H2,1-2H3. The average Bonchev–Trinajstić information content (AvgIpc) is 2.38. The number of likely N-dealkylation sites (N-methyl/N-ethyl adjacent to an activating group) is 1. The number of ether oxygens (including phenoxy) is 1. The Balaban J connectivity index is 2.29. The quantitative estimate of drug-likeness (QED) is 0.735. The molecule has 1 unspecified atom stereocenters. The summed E-state index contributed by atoms with van der Waals surface area (Å²) in [6.45, 7) is 0.611. The monoisotopic (exact) mass is 238 g/mol. The molecule has 1 aromatic carbocycles. The van der Waals surface area contributed by atoms with Crippen LogP contribution in [0.1, 0.15) is 5.56 Å². The third-order valence-electron chi connectivity index (χ3n) is 2.31. The summed E-state index contributed by atoms with van der Waals surface area (Å²) in [6.07, 6.45) is 0. The van der Waals surface area contributed by atoms with E-state index in [1.165, 1.54) is 14.2 Å². The van der Waals surface area contributed by atoms with E-state index in [2.05, 4.69) is 0 Å². The van der Waals surface area contributed by atoms with Gasteiger partial charge in [-0.3, -0.25) is 9.63 Å². The molecule has 0 saturated carbocycles. The molecule has 0 aliphatic carbocycles. The summed E-state index contributed by atoms with van der Waals surface area (Å²) in [5.74, 6) is -0.305. The second-order valence-electron chi connectivity index (χ2n) is 3.63. The fourth-order valence-corrected chi connectivity index (χ4v) is 1.27. The number of carbonyl (C=O) groups is 1. The van der Waals surface area contributed by atoms with Crippen molar-refractivity contribution < 1.29 is 14.4 Å². The topological polar surface area (TPSA) is 64.8 Å². The van der Waals surface area contributed by atoms with Gasteiger partial charge in [0.25, 0.3) is 5.91 Å². The van der Waals surface area contributed by atoms with Crippen LogP contribution in [0.15, 0.2) is 30.3 Å². The summed E-state index contributed by atoms with van der Waals surface area (Å²) >= 11 is 0. The van der Waals surface area contributed by atoms with Crippen LogP contribution in [0.3, 0.4) is 0 Å². The van der Waals surface area contributed by atoms with Crippen LogP contribution in [-0.2, 0) is 21.0 Å². The minimum atomic E-state index is -0.705.